The third-order valence-corrected chi connectivity index (χ3v) is 2.88. The number of aryl methyl sites for hydroxylation is 1. The summed E-state index contributed by atoms with van der Waals surface area (Å²) in [6, 6.07) is 5.98. The molecule has 15 heavy (non-hydrogen) atoms. The molecule has 0 N–H and O–H groups in total. The lowest BCUT2D eigenvalue weighted by molar-refractivity contribution is -0.125. The zero-order valence-electron chi connectivity index (χ0n) is 9.25. The van der Waals surface area contributed by atoms with Gasteiger partial charge in [-0.05, 0) is 25.0 Å². The normalized spacial score (nSPS) is 18.4. The molecule has 1 aliphatic rings. The number of Topliss-reactive ketones (excluding diaryl/α,β-unsaturated/α-hetero) is 1. The van der Waals surface area contributed by atoms with Crippen molar-refractivity contribution in [2.45, 2.75) is 39.2 Å². The molecule has 0 aromatic heterocycles. The monoisotopic (exact) mass is 204 g/mol. The zero-order chi connectivity index (χ0) is 10.8. The summed E-state index contributed by atoms with van der Waals surface area (Å²) in [6.07, 6.45) is 2.04. The van der Waals surface area contributed by atoms with Crippen LogP contribution in [0.2, 0.25) is 0 Å². The number of hydrogen-bond acceptors (Lipinski definition) is 2. The molecule has 1 aliphatic heterocycles. The Morgan fingerprint density at radius 3 is 3.00 bits per heavy atom. The van der Waals surface area contributed by atoms with E-state index in [1.54, 1.807) is 0 Å². The summed E-state index contributed by atoms with van der Waals surface area (Å²) in [5.41, 5.74) is 2.42. The molecule has 2 nitrogen and oxygen atoms in total. The highest BCUT2D eigenvalue weighted by molar-refractivity contribution is 5.84. The summed E-state index contributed by atoms with van der Waals surface area (Å²) >= 11 is 0. The van der Waals surface area contributed by atoms with Crippen LogP contribution in [0.4, 0.5) is 0 Å². The molecule has 0 radical (unpaired) electrons. The molecule has 80 valence electrons. The molecule has 1 atom stereocenters. The summed E-state index contributed by atoms with van der Waals surface area (Å²) in [6.45, 7) is 4.08. The number of carbonyl (C=O) groups excluding carboxylic acids is 1. The highest BCUT2D eigenvalue weighted by Crippen LogP contribution is 2.31. The van der Waals surface area contributed by atoms with E-state index >= 15 is 0 Å². The lowest BCUT2D eigenvalue weighted by atomic mass is 10.0. The van der Waals surface area contributed by atoms with Crippen molar-refractivity contribution in [1.82, 2.24) is 0 Å². The minimum Gasteiger partial charge on any atom is -0.482 e. The van der Waals surface area contributed by atoms with Gasteiger partial charge >= 0.3 is 0 Å². The Kier molecular flexibility index (Phi) is 2.76. The van der Waals surface area contributed by atoms with Crippen molar-refractivity contribution in [2.24, 2.45) is 0 Å². The minimum absolute atomic E-state index is 0.230. The molecule has 1 aromatic carbocycles. The van der Waals surface area contributed by atoms with Crippen molar-refractivity contribution < 1.29 is 9.53 Å². The lowest BCUT2D eigenvalue weighted by Crippen LogP contribution is -2.24. The van der Waals surface area contributed by atoms with E-state index < -0.39 is 0 Å². The van der Waals surface area contributed by atoms with Crippen LogP contribution in [-0.4, -0.2) is 11.9 Å². The summed E-state index contributed by atoms with van der Waals surface area (Å²) < 4.78 is 5.65. The standard InChI is InChI=1S/C13H16O2/c1-3-5-11(14)13-8-10-9(2)6-4-7-12(10)15-13/h4,6-7,13H,3,5,8H2,1-2H3. The Morgan fingerprint density at radius 2 is 2.33 bits per heavy atom. The van der Waals surface area contributed by atoms with Crippen molar-refractivity contribution in [1.29, 1.82) is 0 Å². The number of carbonyl (C=O) groups is 1. The Labute approximate surface area is 90.3 Å². The lowest BCUT2D eigenvalue weighted by Gasteiger charge is -2.07. The van der Waals surface area contributed by atoms with Gasteiger partial charge in [0.1, 0.15) is 5.75 Å². The number of fused-ring (bicyclic) bond motifs is 1. The summed E-state index contributed by atoms with van der Waals surface area (Å²) in [7, 11) is 0. The van der Waals surface area contributed by atoms with Crippen LogP contribution in [0, 0.1) is 6.92 Å². The Morgan fingerprint density at radius 1 is 1.53 bits per heavy atom. The van der Waals surface area contributed by atoms with E-state index in [4.69, 9.17) is 4.74 Å². The maximum absolute atomic E-state index is 11.7. The van der Waals surface area contributed by atoms with E-state index in [1.807, 2.05) is 19.1 Å². The van der Waals surface area contributed by atoms with Crippen LogP contribution in [0.25, 0.3) is 0 Å². The fourth-order valence-corrected chi connectivity index (χ4v) is 2.01. The maximum Gasteiger partial charge on any atom is 0.173 e. The molecule has 1 heterocycles. The van der Waals surface area contributed by atoms with Gasteiger partial charge in [0.2, 0.25) is 0 Å². The van der Waals surface area contributed by atoms with Gasteiger partial charge in [0.05, 0.1) is 0 Å². The van der Waals surface area contributed by atoms with Crippen molar-refractivity contribution in [2.75, 3.05) is 0 Å². The smallest absolute Gasteiger partial charge is 0.173 e. The van der Waals surface area contributed by atoms with Gasteiger partial charge in [0.25, 0.3) is 0 Å². The maximum atomic E-state index is 11.7. The predicted octanol–water partition coefficient (Wildman–Crippen LogP) is 2.67. The van der Waals surface area contributed by atoms with Gasteiger partial charge in [0, 0.05) is 18.4 Å². The average molecular weight is 204 g/mol. The first-order chi connectivity index (χ1) is 7.22. The SMILES string of the molecule is CCCC(=O)C1Cc2c(C)cccc2O1. The van der Waals surface area contributed by atoms with Crippen LogP contribution in [0.15, 0.2) is 18.2 Å². The molecule has 0 bridgehead atoms. The topological polar surface area (TPSA) is 26.3 Å². The van der Waals surface area contributed by atoms with Gasteiger partial charge < -0.3 is 4.74 Å². The van der Waals surface area contributed by atoms with Crippen molar-refractivity contribution >= 4 is 5.78 Å². The molecule has 0 spiro atoms. The van der Waals surface area contributed by atoms with Crippen molar-refractivity contribution in [3.63, 3.8) is 0 Å². The second-order valence-corrected chi connectivity index (χ2v) is 4.08. The average Bonchev–Trinajstić information content (AvgIpc) is 2.63. The molecule has 2 rings (SSSR count). The van der Waals surface area contributed by atoms with Crippen LogP contribution in [0.1, 0.15) is 30.9 Å². The van der Waals surface area contributed by atoms with Gasteiger partial charge in [-0.25, -0.2) is 0 Å². The van der Waals surface area contributed by atoms with Crippen LogP contribution in [0.5, 0.6) is 5.75 Å². The summed E-state index contributed by atoms with van der Waals surface area (Å²) in [5, 5.41) is 0. The first-order valence-corrected chi connectivity index (χ1v) is 5.50. The van der Waals surface area contributed by atoms with Gasteiger partial charge in [0.15, 0.2) is 11.9 Å². The van der Waals surface area contributed by atoms with E-state index in [2.05, 4.69) is 13.0 Å². The van der Waals surface area contributed by atoms with E-state index in [9.17, 15) is 4.79 Å². The van der Waals surface area contributed by atoms with Gasteiger partial charge in [-0.2, -0.15) is 0 Å². The number of benzene rings is 1. The summed E-state index contributed by atoms with van der Waals surface area (Å²) in [5.74, 6) is 1.12. The molecule has 1 aromatic rings. The second-order valence-electron chi connectivity index (χ2n) is 4.08. The molecule has 0 amide bonds. The van der Waals surface area contributed by atoms with Crippen LogP contribution < -0.4 is 4.74 Å². The number of ether oxygens (including phenoxy) is 1. The van der Waals surface area contributed by atoms with E-state index in [-0.39, 0.29) is 11.9 Å². The molecule has 0 aliphatic carbocycles. The Hall–Kier alpha value is -1.31. The van der Waals surface area contributed by atoms with Gasteiger partial charge in [-0.3, -0.25) is 4.79 Å². The van der Waals surface area contributed by atoms with Gasteiger partial charge in [-0.1, -0.05) is 19.1 Å². The van der Waals surface area contributed by atoms with Crippen LogP contribution in [0.3, 0.4) is 0 Å². The van der Waals surface area contributed by atoms with E-state index in [0.29, 0.717) is 6.42 Å². The molecule has 0 saturated carbocycles. The number of ketones is 1. The molecule has 0 fully saturated rings. The third-order valence-electron chi connectivity index (χ3n) is 2.88. The Balaban J connectivity index is 2.15. The molecule has 0 saturated heterocycles. The van der Waals surface area contributed by atoms with Crippen LogP contribution in [-0.2, 0) is 11.2 Å². The third kappa shape index (κ3) is 1.89. The largest absolute Gasteiger partial charge is 0.482 e. The quantitative estimate of drug-likeness (QED) is 0.756. The molecular formula is C13H16O2. The highest BCUT2D eigenvalue weighted by Gasteiger charge is 2.28. The van der Waals surface area contributed by atoms with Gasteiger partial charge in [-0.15, -0.1) is 0 Å². The molecule has 2 heteroatoms. The molecular weight excluding hydrogens is 188 g/mol. The van der Waals surface area contributed by atoms with Crippen molar-refractivity contribution in [3.05, 3.63) is 29.3 Å². The van der Waals surface area contributed by atoms with Crippen molar-refractivity contribution in [3.8, 4) is 5.75 Å². The second kappa shape index (κ2) is 4.05. The van der Waals surface area contributed by atoms with Crippen LogP contribution >= 0.6 is 0 Å². The Bertz CT molecular complexity index is 382. The predicted molar refractivity (Wildman–Crippen MR) is 59.2 cm³/mol. The fraction of sp³-hybridized carbons (Fsp3) is 0.462. The summed E-state index contributed by atoms with van der Waals surface area (Å²) in [4.78, 5) is 11.7. The van der Waals surface area contributed by atoms with E-state index in [1.165, 1.54) is 11.1 Å². The number of hydrogen-bond donors (Lipinski definition) is 0. The molecule has 1 unspecified atom stereocenters. The zero-order valence-corrected chi connectivity index (χ0v) is 9.25. The van der Waals surface area contributed by atoms with E-state index in [0.717, 1.165) is 18.6 Å². The first kappa shape index (κ1) is 10.2. The highest BCUT2D eigenvalue weighted by atomic mass is 16.5. The fourth-order valence-electron chi connectivity index (χ4n) is 2.01. The minimum atomic E-state index is -0.235. The number of rotatable bonds is 3. The first-order valence-electron chi connectivity index (χ1n) is 5.50.